The number of carboxylic acid groups (broad SMARTS) is 1. The van der Waals surface area contributed by atoms with Gasteiger partial charge < -0.3 is 10.0 Å². The number of nitrogens with zero attached hydrogens (tertiary/aromatic N) is 1. The van der Waals surface area contributed by atoms with Gasteiger partial charge in [-0.3, -0.25) is 9.59 Å². The van der Waals surface area contributed by atoms with Crippen LogP contribution in [0.5, 0.6) is 0 Å². The van der Waals surface area contributed by atoms with Crippen LogP contribution in [-0.4, -0.2) is 49.4 Å². The number of rotatable bonds is 6. The minimum atomic E-state index is -4.21. The van der Waals surface area contributed by atoms with Gasteiger partial charge in [0.2, 0.25) is 15.9 Å². The number of carbonyl (C=O) groups is 2. The lowest BCUT2D eigenvalue weighted by molar-refractivity contribution is -0.146. The fraction of sp³-hybridized carbons (Fsp3) is 0.529. The largest absolute Gasteiger partial charge is 0.481 e. The Balaban J connectivity index is 2.15. The molecule has 0 radical (unpaired) electrons. The average molecular weight is 386 g/mol. The molecule has 26 heavy (non-hydrogen) atoms. The highest BCUT2D eigenvalue weighted by Crippen LogP contribution is 2.21. The standard InChI is InChI=1S/C17H23FN2O5S/c1-11(2)15(16(21)20-9-7-12(8-10-20)17(22)23)19-26(24,25)14-6-4-3-5-13(14)18/h3-6,11-12,15,19H,7-10H2,1-2H3,(H,22,23). The zero-order valence-electron chi connectivity index (χ0n) is 14.7. The third kappa shape index (κ3) is 4.59. The number of sulfonamides is 1. The van der Waals surface area contributed by atoms with Crippen LogP contribution in [0.25, 0.3) is 0 Å². The number of likely N-dealkylation sites (tertiary alicyclic amines) is 1. The van der Waals surface area contributed by atoms with Crippen LogP contribution >= 0.6 is 0 Å². The number of carboxylic acids is 1. The summed E-state index contributed by atoms with van der Waals surface area (Å²) in [7, 11) is -4.21. The summed E-state index contributed by atoms with van der Waals surface area (Å²) in [5, 5.41) is 9.03. The molecule has 1 aliphatic heterocycles. The van der Waals surface area contributed by atoms with Crippen molar-refractivity contribution in [2.24, 2.45) is 11.8 Å². The van der Waals surface area contributed by atoms with Crippen molar-refractivity contribution in [1.82, 2.24) is 9.62 Å². The Kier molecular flexibility index (Phi) is 6.35. The molecular weight excluding hydrogens is 363 g/mol. The quantitative estimate of drug-likeness (QED) is 0.770. The molecule has 2 N–H and O–H groups in total. The van der Waals surface area contributed by atoms with E-state index in [0.717, 1.165) is 12.1 Å². The molecule has 9 heteroatoms. The van der Waals surface area contributed by atoms with Crippen molar-refractivity contribution in [2.45, 2.75) is 37.6 Å². The first-order valence-electron chi connectivity index (χ1n) is 8.42. The van der Waals surface area contributed by atoms with Gasteiger partial charge in [-0.25, -0.2) is 12.8 Å². The number of piperidine rings is 1. The summed E-state index contributed by atoms with van der Waals surface area (Å²) in [5.41, 5.74) is 0. The first-order chi connectivity index (χ1) is 12.1. The number of hydrogen-bond acceptors (Lipinski definition) is 4. The molecule has 1 saturated heterocycles. The molecule has 1 aromatic rings. The second kappa shape index (κ2) is 8.13. The van der Waals surface area contributed by atoms with E-state index >= 15 is 0 Å². The van der Waals surface area contributed by atoms with E-state index in [0.29, 0.717) is 12.8 Å². The van der Waals surface area contributed by atoms with Crippen LogP contribution < -0.4 is 4.72 Å². The minimum Gasteiger partial charge on any atom is -0.481 e. The Hall–Kier alpha value is -2.00. The number of carbonyl (C=O) groups excluding carboxylic acids is 1. The number of amides is 1. The van der Waals surface area contributed by atoms with E-state index < -0.39 is 44.6 Å². The molecule has 1 amide bonds. The second-order valence-electron chi connectivity index (χ2n) is 6.71. The van der Waals surface area contributed by atoms with Gasteiger partial charge in [-0.05, 0) is 30.9 Å². The molecule has 144 valence electrons. The van der Waals surface area contributed by atoms with Crippen molar-refractivity contribution in [2.75, 3.05) is 13.1 Å². The molecule has 1 aliphatic rings. The predicted molar refractivity (Wildman–Crippen MR) is 92.3 cm³/mol. The zero-order valence-corrected chi connectivity index (χ0v) is 15.5. The summed E-state index contributed by atoms with van der Waals surface area (Å²) < 4.78 is 41.1. The van der Waals surface area contributed by atoms with Gasteiger partial charge in [0, 0.05) is 13.1 Å². The first kappa shape index (κ1) is 20.3. The SMILES string of the molecule is CC(C)C(NS(=O)(=O)c1ccccc1F)C(=O)N1CCC(C(=O)O)CC1. The Morgan fingerprint density at radius 1 is 1.23 bits per heavy atom. The molecule has 0 spiro atoms. The number of hydrogen-bond donors (Lipinski definition) is 2. The molecule has 1 fully saturated rings. The van der Waals surface area contributed by atoms with Crippen LogP contribution in [0, 0.1) is 17.7 Å². The van der Waals surface area contributed by atoms with Gasteiger partial charge >= 0.3 is 5.97 Å². The van der Waals surface area contributed by atoms with Gasteiger partial charge in [0.05, 0.1) is 5.92 Å². The molecule has 1 atom stereocenters. The highest BCUT2D eigenvalue weighted by molar-refractivity contribution is 7.89. The first-order valence-corrected chi connectivity index (χ1v) is 9.90. The summed E-state index contributed by atoms with van der Waals surface area (Å²) in [4.78, 5) is 24.7. The smallest absolute Gasteiger partial charge is 0.306 e. The summed E-state index contributed by atoms with van der Waals surface area (Å²) >= 11 is 0. The van der Waals surface area contributed by atoms with Crippen LogP contribution in [0.1, 0.15) is 26.7 Å². The van der Waals surface area contributed by atoms with Crippen molar-refractivity contribution >= 4 is 21.9 Å². The maximum absolute atomic E-state index is 13.8. The molecule has 1 unspecified atom stereocenters. The number of nitrogens with one attached hydrogen (secondary N) is 1. The lowest BCUT2D eigenvalue weighted by Gasteiger charge is -2.34. The van der Waals surface area contributed by atoms with Crippen LogP contribution in [-0.2, 0) is 19.6 Å². The van der Waals surface area contributed by atoms with Crippen LogP contribution in [0.4, 0.5) is 4.39 Å². The summed E-state index contributed by atoms with van der Waals surface area (Å²) in [5.74, 6) is -3.06. The van der Waals surface area contributed by atoms with E-state index in [9.17, 15) is 22.4 Å². The maximum atomic E-state index is 13.8. The van der Waals surface area contributed by atoms with E-state index in [2.05, 4.69) is 4.72 Å². The van der Waals surface area contributed by atoms with Crippen LogP contribution in [0.2, 0.25) is 0 Å². The van der Waals surface area contributed by atoms with Gasteiger partial charge in [0.1, 0.15) is 16.8 Å². The zero-order chi connectivity index (χ0) is 19.5. The molecule has 1 aromatic carbocycles. The third-order valence-electron chi connectivity index (χ3n) is 4.50. The van der Waals surface area contributed by atoms with Gasteiger partial charge in [-0.2, -0.15) is 4.72 Å². The average Bonchev–Trinajstić information content (AvgIpc) is 2.59. The van der Waals surface area contributed by atoms with E-state index in [1.165, 1.54) is 17.0 Å². The lowest BCUT2D eigenvalue weighted by atomic mass is 9.95. The van der Waals surface area contributed by atoms with E-state index in [-0.39, 0.29) is 19.0 Å². The normalized spacial score (nSPS) is 17.3. The third-order valence-corrected chi connectivity index (χ3v) is 5.97. The summed E-state index contributed by atoms with van der Waals surface area (Å²) in [6.45, 7) is 3.88. The summed E-state index contributed by atoms with van der Waals surface area (Å²) in [6.07, 6.45) is 0.651. The fourth-order valence-corrected chi connectivity index (χ4v) is 4.33. The Labute approximate surface area is 152 Å². The number of benzene rings is 1. The topological polar surface area (TPSA) is 104 Å². The monoisotopic (exact) mass is 386 g/mol. The van der Waals surface area contributed by atoms with E-state index in [1.807, 2.05) is 0 Å². The highest BCUT2D eigenvalue weighted by atomic mass is 32.2. The van der Waals surface area contributed by atoms with Gasteiger partial charge in [-0.15, -0.1) is 0 Å². The predicted octanol–water partition coefficient (Wildman–Crippen LogP) is 1.45. The van der Waals surface area contributed by atoms with Crippen molar-refractivity contribution < 1.29 is 27.5 Å². The van der Waals surface area contributed by atoms with Crippen molar-refractivity contribution in [3.05, 3.63) is 30.1 Å². The Bertz CT molecular complexity index is 773. The van der Waals surface area contributed by atoms with Crippen molar-refractivity contribution in [3.63, 3.8) is 0 Å². The van der Waals surface area contributed by atoms with E-state index in [1.54, 1.807) is 13.8 Å². The Morgan fingerprint density at radius 3 is 2.31 bits per heavy atom. The molecule has 0 bridgehead atoms. The molecule has 0 aliphatic carbocycles. The molecule has 2 rings (SSSR count). The fourth-order valence-electron chi connectivity index (χ4n) is 2.91. The van der Waals surface area contributed by atoms with Crippen LogP contribution in [0.3, 0.4) is 0 Å². The highest BCUT2D eigenvalue weighted by Gasteiger charge is 2.35. The van der Waals surface area contributed by atoms with E-state index in [4.69, 9.17) is 5.11 Å². The Morgan fingerprint density at radius 2 is 1.81 bits per heavy atom. The van der Waals surface area contributed by atoms with Crippen molar-refractivity contribution in [3.8, 4) is 0 Å². The van der Waals surface area contributed by atoms with Gasteiger partial charge in [0.25, 0.3) is 0 Å². The molecule has 7 nitrogen and oxygen atoms in total. The molecule has 0 aromatic heterocycles. The minimum absolute atomic E-state index is 0.250. The summed E-state index contributed by atoms with van der Waals surface area (Å²) in [6, 6.07) is 3.91. The number of aliphatic carboxylic acids is 1. The lowest BCUT2D eigenvalue weighted by Crippen LogP contribution is -2.53. The molecular formula is C17H23FN2O5S. The molecule has 0 saturated carbocycles. The van der Waals surface area contributed by atoms with Gasteiger partial charge in [-0.1, -0.05) is 26.0 Å². The van der Waals surface area contributed by atoms with Crippen LogP contribution in [0.15, 0.2) is 29.2 Å². The van der Waals surface area contributed by atoms with Gasteiger partial charge in [0.15, 0.2) is 0 Å². The molecule has 1 heterocycles. The number of halogens is 1. The maximum Gasteiger partial charge on any atom is 0.306 e. The second-order valence-corrected chi connectivity index (χ2v) is 8.39. The van der Waals surface area contributed by atoms with Crippen molar-refractivity contribution in [1.29, 1.82) is 0 Å².